The molecule has 0 rings (SSSR count). The summed E-state index contributed by atoms with van der Waals surface area (Å²) in [6, 6.07) is 0. The first kappa shape index (κ1) is 75.1. The molecule has 0 aliphatic carbocycles. The average molecular weight is 1100 g/mol. The smallest absolute Gasteiger partial charge is 0.306 e. The highest BCUT2D eigenvalue weighted by Gasteiger charge is 2.19. The molecule has 0 fully saturated rings. The quantitative estimate of drug-likeness (QED) is 0.0261. The van der Waals surface area contributed by atoms with Gasteiger partial charge >= 0.3 is 17.9 Å². The Kier molecular flexibility index (Phi) is 63.3. The second-order valence-electron chi connectivity index (χ2n) is 22.0. The summed E-state index contributed by atoms with van der Waals surface area (Å²) in [7, 11) is 0. The molecule has 0 aliphatic heterocycles. The van der Waals surface area contributed by atoms with Gasteiger partial charge in [0.05, 0.1) is 0 Å². The summed E-state index contributed by atoms with van der Waals surface area (Å²) >= 11 is 0. The van der Waals surface area contributed by atoms with Crippen LogP contribution in [0.1, 0.15) is 316 Å². The van der Waals surface area contributed by atoms with Gasteiger partial charge in [-0.1, -0.05) is 304 Å². The molecule has 0 aromatic heterocycles. The lowest BCUT2D eigenvalue weighted by atomic mass is 10.0. The van der Waals surface area contributed by atoms with Crippen molar-refractivity contribution < 1.29 is 28.6 Å². The lowest BCUT2D eigenvalue weighted by Crippen LogP contribution is -2.30. The minimum Gasteiger partial charge on any atom is -0.462 e. The number of ether oxygens (including phenoxy) is 3. The standard InChI is InChI=1S/C73H124O6/c1-4-7-10-13-16-19-22-24-26-28-30-32-33-34-35-36-37-38-39-41-42-44-46-48-51-54-57-60-63-66-72(75)78-69-70(68-77-71(74)65-62-59-56-53-50-21-18-15-12-9-6-3)79-73(76)67-64-61-58-55-52-49-47-45-43-40-31-29-27-25-23-20-17-14-11-8-5-2/h7-8,10-11,16-17,19-20,24-27,30-32,40,45,47,70H,4-6,9,12-15,18,21-23,28-29,33-39,41-44,46,48-69H2,1-3H3/b10-7-,11-8-,19-16-,20-17-,26-24-,27-25-,32-30-,40-31-,47-45-. The molecule has 1 unspecified atom stereocenters. The van der Waals surface area contributed by atoms with Crippen molar-refractivity contribution in [2.45, 2.75) is 322 Å². The second kappa shape index (κ2) is 66.6. The predicted molar refractivity (Wildman–Crippen MR) is 343 cm³/mol. The summed E-state index contributed by atoms with van der Waals surface area (Å²) in [5.74, 6) is -0.892. The van der Waals surface area contributed by atoms with Gasteiger partial charge in [0, 0.05) is 19.3 Å². The third-order valence-corrected chi connectivity index (χ3v) is 14.3. The maximum atomic E-state index is 12.9. The molecule has 6 heteroatoms. The second-order valence-corrected chi connectivity index (χ2v) is 22.0. The molecule has 1 atom stereocenters. The van der Waals surface area contributed by atoms with Crippen molar-refractivity contribution in [3.8, 4) is 0 Å². The van der Waals surface area contributed by atoms with Gasteiger partial charge in [0.15, 0.2) is 6.10 Å². The van der Waals surface area contributed by atoms with Crippen LogP contribution in [0.15, 0.2) is 109 Å². The number of hydrogen-bond donors (Lipinski definition) is 0. The van der Waals surface area contributed by atoms with E-state index in [0.717, 1.165) is 135 Å². The Morgan fingerprint density at radius 3 is 0.772 bits per heavy atom. The summed E-state index contributed by atoms with van der Waals surface area (Å²) in [6.07, 6.45) is 91.1. The molecule has 79 heavy (non-hydrogen) atoms. The normalized spacial score (nSPS) is 12.8. The highest BCUT2D eigenvalue weighted by molar-refractivity contribution is 5.71. The van der Waals surface area contributed by atoms with E-state index in [-0.39, 0.29) is 31.1 Å². The molecule has 0 saturated heterocycles. The number of hydrogen-bond acceptors (Lipinski definition) is 6. The number of unbranched alkanes of at least 4 members (excludes halogenated alkanes) is 31. The fraction of sp³-hybridized carbons (Fsp3) is 0.712. The molecule has 6 nitrogen and oxygen atoms in total. The first-order chi connectivity index (χ1) is 39.0. The van der Waals surface area contributed by atoms with Crippen LogP contribution in [0, 0.1) is 0 Å². The van der Waals surface area contributed by atoms with E-state index in [0.29, 0.717) is 19.3 Å². The molecular weight excluding hydrogens is 973 g/mol. The van der Waals surface area contributed by atoms with Gasteiger partial charge < -0.3 is 14.2 Å². The largest absolute Gasteiger partial charge is 0.462 e. The van der Waals surface area contributed by atoms with Crippen LogP contribution in [0.2, 0.25) is 0 Å². The van der Waals surface area contributed by atoms with Gasteiger partial charge in [-0.05, 0) is 103 Å². The van der Waals surface area contributed by atoms with Crippen LogP contribution >= 0.6 is 0 Å². The molecule has 0 spiro atoms. The van der Waals surface area contributed by atoms with E-state index in [4.69, 9.17) is 14.2 Å². The van der Waals surface area contributed by atoms with Gasteiger partial charge in [-0.2, -0.15) is 0 Å². The van der Waals surface area contributed by atoms with Gasteiger partial charge in [0.1, 0.15) is 13.2 Å². The van der Waals surface area contributed by atoms with E-state index < -0.39 is 6.10 Å². The highest BCUT2D eigenvalue weighted by Crippen LogP contribution is 2.17. The molecular formula is C73H124O6. The Morgan fingerprint density at radius 2 is 0.494 bits per heavy atom. The van der Waals surface area contributed by atoms with Gasteiger partial charge in [-0.3, -0.25) is 14.4 Å². The zero-order valence-corrected chi connectivity index (χ0v) is 51.9. The van der Waals surface area contributed by atoms with Crippen LogP contribution in [-0.2, 0) is 28.6 Å². The van der Waals surface area contributed by atoms with E-state index in [1.54, 1.807) is 0 Å². The molecule has 0 amide bonds. The molecule has 0 bridgehead atoms. The van der Waals surface area contributed by atoms with Crippen LogP contribution in [-0.4, -0.2) is 37.2 Å². The van der Waals surface area contributed by atoms with Crippen molar-refractivity contribution in [1.82, 2.24) is 0 Å². The fourth-order valence-electron chi connectivity index (χ4n) is 9.35. The summed E-state index contributed by atoms with van der Waals surface area (Å²) in [6.45, 7) is 6.42. The fourth-order valence-corrected chi connectivity index (χ4v) is 9.35. The van der Waals surface area contributed by atoms with Crippen LogP contribution in [0.5, 0.6) is 0 Å². The topological polar surface area (TPSA) is 78.9 Å². The predicted octanol–water partition coefficient (Wildman–Crippen LogP) is 23.0. The van der Waals surface area contributed by atoms with E-state index >= 15 is 0 Å². The zero-order chi connectivity index (χ0) is 57.1. The third kappa shape index (κ3) is 64.8. The maximum Gasteiger partial charge on any atom is 0.306 e. The first-order valence-electron chi connectivity index (χ1n) is 33.4. The first-order valence-corrected chi connectivity index (χ1v) is 33.4. The van der Waals surface area contributed by atoms with E-state index in [2.05, 4.69) is 130 Å². The van der Waals surface area contributed by atoms with Crippen LogP contribution in [0.25, 0.3) is 0 Å². The zero-order valence-electron chi connectivity index (χ0n) is 51.9. The molecule has 0 N–H and O–H groups in total. The van der Waals surface area contributed by atoms with Crippen molar-refractivity contribution >= 4 is 17.9 Å². The van der Waals surface area contributed by atoms with Gasteiger partial charge in [-0.15, -0.1) is 0 Å². The number of allylic oxidation sites excluding steroid dienone is 18. The Labute approximate surface area is 489 Å². The van der Waals surface area contributed by atoms with Gasteiger partial charge in [0.2, 0.25) is 0 Å². The monoisotopic (exact) mass is 1100 g/mol. The summed E-state index contributed by atoms with van der Waals surface area (Å²) < 4.78 is 16.9. The summed E-state index contributed by atoms with van der Waals surface area (Å²) in [5, 5.41) is 0. The van der Waals surface area contributed by atoms with Crippen LogP contribution < -0.4 is 0 Å². The van der Waals surface area contributed by atoms with E-state index in [1.807, 2.05) is 0 Å². The molecule has 0 aromatic rings. The number of rotatable bonds is 60. The average Bonchev–Trinajstić information content (AvgIpc) is 3.45. The molecule has 452 valence electrons. The van der Waals surface area contributed by atoms with Crippen molar-refractivity contribution in [3.63, 3.8) is 0 Å². The highest BCUT2D eigenvalue weighted by atomic mass is 16.6. The SMILES string of the molecule is CC/C=C\C/C=C\C/C=C\C/C=C\C/C=C\CCCCCCCC(=O)OC(COC(=O)CCCCCCCCCCCCC)COC(=O)CCCCCCCCCCCCCCCCCC/C=C\C/C=C\C/C=C\C/C=C\CC. The van der Waals surface area contributed by atoms with E-state index in [1.165, 1.54) is 141 Å². The Hall–Kier alpha value is -3.93. The number of esters is 3. The number of carbonyl (C=O) groups is 3. The third-order valence-electron chi connectivity index (χ3n) is 14.3. The Morgan fingerprint density at radius 1 is 0.266 bits per heavy atom. The lowest BCUT2D eigenvalue weighted by Gasteiger charge is -2.18. The summed E-state index contributed by atoms with van der Waals surface area (Å²) in [4.78, 5) is 38.3. The van der Waals surface area contributed by atoms with Crippen molar-refractivity contribution in [2.75, 3.05) is 13.2 Å². The Bertz CT molecular complexity index is 1590. The number of carbonyl (C=O) groups excluding carboxylic acids is 3. The molecule has 0 heterocycles. The maximum absolute atomic E-state index is 12.9. The van der Waals surface area contributed by atoms with E-state index in [9.17, 15) is 14.4 Å². The lowest BCUT2D eigenvalue weighted by molar-refractivity contribution is -0.167. The summed E-state index contributed by atoms with van der Waals surface area (Å²) in [5.41, 5.74) is 0. The van der Waals surface area contributed by atoms with Crippen molar-refractivity contribution in [2.24, 2.45) is 0 Å². The van der Waals surface area contributed by atoms with Crippen LogP contribution in [0.3, 0.4) is 0 Å². The molecule has 0 aliphatic rings. The van der Waals surface area contributed by atoms with Crippen molar-refractivity contribution in [1.29, 1.82) is 0 Å². The van der Waals surface area contributed by atoms with Crippen LogP contribution in [0.4, 0.5) is 0 Å². The molecule has 0 radical (unpaired) electrons. The minimum atomic E-state index is -0.788. The molecule has 0 saturated carbocycles. The van der Waals surface area contributed by atoms with Gasteiger partial charge in [0.25, 0.3) is 0 Å². The molecule has 0 aromatic carbocycles. The minimum absolute atomic E-state index is 0.0830. The van der Waals surface area contributed by atoms with Gasteiger partial charge in [-0.25, -0.2) is 0 Å². The van der Waals surface area contributed by atoms with Crippen molar-refractivity contribution in [3.05, 3.63) is 109 Å². The Balaban J connectivity index is 4.24.